The summed E-state index contributed by atoms with van der Waals surface area (Å²) in [4.78, 5) is 0.581. The van der Waals surface area contributed by atoms with E-state index in [4.69, 9.17) is 23.6 Å². The molecule has 0 bridgehead atoms. The minimum atomic E-state index is -1.77. The van der Waals surface area contributed by atoms with Gasteiger partial charge in [-0.05, 0) is 109 Å². The highest BCUT2D eigenvalue weighted by atomic mass is 32.1. The molecule has 1 aliphatic carbocycles. The second-order valence-electron chi connectivity index (χ2n) is 14.7. The van der Waals surface area contributed by atoms with Gasteiger partial charge in [-0.2, -0.15) is 0 Å². The summed E-state index contributed by atoms with van der Waals surface area (Å²) in [6, 6.07) is -30.7. The molecule has 2 nitrogen and oxygen atoms in total. The van der Waals surface area contributed by atoms with Crippen molar-refractivity contribution in [1.82, 2.24) is 0 Å². The second-order valence-corrected chi connectivity index (χ2v) is 15.7. The Hall–Kier alpha value is -7.46. The van der Waals surface area contributed by atoms with E-state index in [1.54, 1.807) is 0 Å². The van der Waals surface area contributed by atoms with Crippen LogP contribution in [-0.4, -0.2) is 0 Å². The average molecular weight is 843 g/mol. The summed E-state index contributed by atoms with van der Waals surface area (Å²) in [5.41, 5.74) is -11.4. The van der Waals surface area contributed by atoms with Gasteiger partial charge in [0, 0.05) is 47.8 Å². The van der Waals surface area contributed by atoms with E-state index >= 15 is 0 Å². The lowest BCUT2D eigenvalue weighted by Gasteiger charge is -2.30. The van der Waals surface area contributed by atoms with Crippen LogP contribution < -0.4 is 4.90 Å². The van der Waals surface area contributed by atoms with Gasteiger partial charge in [-0.3, -0.25) is 0 Å². The minimum absolute atomic E-state index is 0.130. The highest BCUT2D eigenvalue weighted by Crippen LogP contribution is 2.56. The van der Waals surface area contributed by atoms with Crippen molar-refractivity contribution < 1.29 is 49.7 Å². The van der Waals surface area contributed by atoms with Crippen molar-refractivity contribution in [3.63, 3.8) is 0 Å². The molecule has 3 heteroatoms. The van der Waals surface area contributed by atoms with Gasteiger partial charge < -0.3 is 9.32 Å². The van der Waals surface area contributed by atoms with Gasteiger partial charge in [0.15, 0.2) is 0 Å². The number of benzene rings is 10. The van der Waals surface area contributed by atoms with Crippen molar-refractivity contribution >= 4 is 92.1 Å². The molecule has 1 aliphatic rings. The highest BCUT2D eigenvalue weighted by Gasteiger charge is 2.38. The third-order valence-electron chi connectivity index (χ3n) is 10.9. The lowest BCUT2D eigenvalue weighted by Crippen LogP contribution is -2.16. The van der Waals surface area contributed by atoms with E-state index in [1.807, 2.05) is 0 Å². The Morgan fingerprint density at radius 3 is 2.02 bits per heavy atom. The molecule has 0 atom stereocenters. The zero-order chi connectivity index (χ0) is 69.8. The van der Waals surface area contributed by atoms with Crippen molar-refractivity contribution in [2.75, 3.05) is 4.90 Å². The van der Waals surface area contributed by atoms with E-state index in [0.717, 1.165) is 0 Å². The van der Waals surface area contributed by atoms with Crippen LogP contribution in [-0.2, 0) is 5.41 Å². The van der Waals surface area contributed by atoms with Gasteiger partial charge in [-0.25, -0.2) is 0 Å². The van der Waals surface area contributed by atoms with Gasteiger partial charge in [-0.15, -0.1) is 11.3 Å². The van der Waals surface area contributed by atoms with Crippen LogP contribution in [0.25, 0.3) is 97.0 Å². The number of nitrogens with zero attached hydrogens (tertiary/aromatic N) is 1. The molecule has 12 aromatic rings. The Balaban J connectivity index is 1.29. The van der Waals surface area contributed by atoms with Crippen molar-refractivity contribution in [3.05, 3.63) is 211 Å². The summed E-state index contributed by atoms with van der Waals surface area (Å²) >= 11 is 0.618. The summed E-state index contributed by atoms with van der Waals surface area (Å²) in [5.74, 6) is 0. The van der Waals surface area contributed by atoms with E-state index in [9.17, 15) is 26.0 Å². The molecule has 10 aromatic carbocycles. The first-order chi connectivity index (χ1) is 44.3. The molecular formula is C59H39NOS. The molecular weight excluding hydrogens is 771 g/mol. The fourth-order valence-corrected chi connectivity index (χ4v) is 9.10. The lowest BCUT2D eigenvalue weighted by molar-refractivity contribution is 0.660. The van der Waals surface area contributed by atoms with Crippen LogP contribution in [0.1, 0.15) is 70.2 Å². The Morgan fingerprint density at radius 1 is 0.468 bits per heavy atom. The topological polar surface area (TPSA) is 16.4 Å². The van der Waals surface area contributed by atoms with Gasteiger partial charge in [-0.1, -0.05) is 159 Å². The summed E-state index contributed by atoms with van der Waals surface area (Å²) in [6.45, 7) is 2.84. The fourth-order valence-electron chi connectivity index (χ4n) is 8.13. The molecule has 292 valence electrons. The monoisotopic (exact) mass is 842 g/mol. The summed E-state index contributed by atoms with van der Waals surface area (Å²) in [5, 5.41) is -4.71. The number of fused-ring (bicyclic) bond motifs is 12. The summed E-state index contributed by atoms with van der Waals surface area (Å²) in [6.07, 6.45) is 0. The number of anilines is 3. The number of thiophene rings is 1. The van der Waals surface area contributed by atoms with Crippen LogP contribution in [0.5, 0.6) is 0 Å². The second kappa shape index (κ2) is 13.3. The van der Waals surface area contributed by atoms with Gasteiger partial charge in [0.25, 0.3) is 0 Å². The van der Waals surface area contributed by atoms with Gasteiger partial charge in [0.2, 0.25) is 0 Å². The first kappa shape index (κ1) is 15.8. The summed E-state index contributed by atoms with van der Waals surface area (Å²) in [7, 11) is 0. The molecule has 13 rings (SSSR count). The van der Waals surface area contributed by atoms with E-state index in [1.165, 1.54) is 13.8 Å². The number of hydrogen-bond acceptors (Lipinski definition) is 3. The minimum Gasteiger partial charge on any atom is -0.455 e. The van der Waals surface area contributed by atoms with E-state index in [0.29, 0.717) is 16.2 Å². The van der Waals surface area contributed by atoms with Crippen LogP contribution in [0.3, 0.4) is 0 Å². The summed E-state index contributed by atoms with van der Waals surface area (Å²) < 4.78 is 314. The maximum absolute atomic E-state index is 10.5. The van der Waals surface area contributed by atoms with E-state index < -0.39 is 299 Å². The van der Waals surface area contributed by atoms with Crippen LogP contribution in [0.4, 0.5) is 17.1 Å². The third-order valence-corrected chi connectivity index (χ3v) is 12.0. The predicted molar refractivity (Wildman–Crippen MR) is 265 cm³/mol. The molecule has 0 aliphatic heterocycles. The molecule has 0 radical (unpaired) electrons. The van der Waals surface area contributed by atoms with Crippen molar-refractivity contribution in [2.45, 2.75) is 19.3 Å². The van der Waals surface area contributed by atoms with E-state index in [2.05, 4.69) is 0 Å². The Kier molecular flexibility index (Phi) is 3.38. The van der Waals surface area contributed by atoms with Crippen LogP contribution in [0.2, 0.25) is 0 Å². The van der Waals surface area contributed by atoms with Crippen LogP contribution >= 0.6 is 11.3 Å². The standard InChI is InChI=1S/C59H39NOS/c1-59(2)49-21-10-7-19-46(49)56-50(59)22-13-23-51(56)60(39-29-26-36(27-30-39)37-28-31-44-43-18-9-12-25-54(43)62-55(44)35-37)52-33-32-45(58-57(52)47-20-8-11-24-53(47)61-58)48-34-38-14-3-4-15-40(38)41-16-5-6-17-42(41)48/h3-35H,1-2H3/i3D,4D,5D,6D,7D,8D,9D,10D,11D,12D,13D,14D,15D,16D,17D,18D,19D,20D,21D,22D,23D,24D,25D,26D,27D,28D,29D,30D,31D,32D,33D,34D,35D. The number of para-hydroxylation sites is 1. The maximum atomic E-state index is 10.5. The Morgan fingerprint density at radius 2 is 1.15 bits per heavy atom. The quantitative estimate of drug-likeness (QED) is 0.161. The zero-order valence-electron chi connectivity index (χ0n) is 64.8. The first-order valence-corrected chi connectivity index (χ1v) is 19.6. The smallest absolute Gasteiger partial charge is 0.145 e. The fraction of sp³-hybridized carbons (Fsp3) is 0.0508. The maximum Gasteiger partial charge on any atom is 0.145 e. The zero-order valence-corrected chi connectivity index (χ0v) is 32.6. The van der Waals surface area contributed by atoms with Crippen molar-refractivity contribution in [3.8, 4) is 33.4 Å². The average Bonchev–Trinajstić information content (AvgIpc) is 1.63. The number of furan rings is 1. The van der Waals surface area contributed by atoms with Crippen molar-refractivity contribution in [2.24, 2.45) is 0 Å². The molecule has 0 N–H and O–H groups in total. The van der Waals surface area contributed by atoms with Crippen LogP contribution in [0, 0.1) is 0 Å². The van der Waals surface area contributed by atoms with Gasteiger partial charge in [0.05, 0.1) is 62.0 Å². The molecule has 2 heterocycles. The van der Waals surface area contributed by atoms with Gasteiger partial charge >= 0.3 is 0 Å². The molecule has 0 spiro atoms. The molecule has 62 heavy (non-hydrogen) atoms. The molecule has 0 unspecified atom stereocenters. The van der Waals surface area contributed by atoms with E-state index in [-0.39, 0.29) is 31.3 Å². The molecule has 0 saturated heterocycles. The van der Waals surface area contributed by atoms with Crippen LogP contribution in [0.15, 0.2) is 204 Å². The Labute approximate surface area is 409 Å². The molecule has 0 fully saturated rings. The first-order valence-electron chi connectivity index (χ1n) is 35.2. The molecule has 0 saturated carbocycles. The largest absolute Gasteiger partial charge is 0.455 e. The number of hydrogen-bond donors (Lipinski definition) is 0. The Bertz CT molecular complexity index is 5720. The highest BCUT2D eigenvalue weighted by molar-refractivity contribution is 7.25. The van der Waals surface area contributed by atoms with Crippen molar-refractivity contribution in [1.29, 1.82) is 0 Å². The van der Waals surface area contributed by atoms with Gasteiger partial charge in [0.1, 0.15) is 11.2 Å². The molecule has 2 aromatic heterocycles. The normalized spacial score (nSPS) is 20.6. The number of rotatable bonds is 5. The third kappa shape index (κ3) is 5.09. The predicted octanol–water partition coefficient (Wildman–Crippen LogP) is 17.4. The SMILES string of the molecule is [2H]c1c([2H])c([2H])c2c(c1[2H])-c1c(N(c3c([2H])c([2H])c(-c4c([2H])c([2H])c5c(sc6c([2H])c([2H])c([2H])c([2H])c65)c4[2H])c([2H])c3[2H])c3c([2H])c([2H])c(-c4c([2H])c5c([2H])c([2H])c([2H])c([2H])c5c5c([2H])c([2H])c([2H])c([2H])c45)c4oc5c([2H])c([2H])c([2H])c([2H])c5c34)c([2H])c([2H])c([2H])c1C2(C)C. The molecule has 0 amide bonds. The lowest BCUT2D eigenvalue weighted by atomic mass is 9.82.